The first-order chi connectivity index (χ1) is 6.09. The smallest absolute Gasteiger partial charge is 0.126 e. The first-order valence-electron chi connectivity index (χ1n) is 3.91. The van der Waals surface area contributed by atoms with Crippen molar-refractivity contribution in [3.8, 4) is 0 Å². The molecule has 0 aliphatic heterocycles. The Bertz CT molecular complexity index is 476. The largest absolute Gasteiger partial charge is 0.397 e. The molecule has 2 rings (SSSR count). The third kappa shape index (κ3) is 1.42. The number of hydrogen-bond donors (Lipinski definition) is 1. The Morgan fingerprint density at radius 3 is 2.85 bits per heavy atom. The molecule has 4 heteroatoms. The minimum absolute atomic E-state index is 0.880. The molecule has 0 saturated carbocycles. The van der Waals surface area contributed by atoms with Crippen LogP contribution in [0, 0.1) is 16.7 Å². The van der Waals surface area contributed by atoms with Gasteiger partial charge in [-0.25, -0.2) is 4.98 Å². The number of pyridine rings is 1. The summed E-state index contributed by atoms with van der Waals surface area (Å²) in [6.45, 7) is 4.09. The van der Waals surface area contributed by atoms with E-state index >= 15 is 0 Å². The van der Waals surface area contributed by atoms with E-state index in [1.807, 2.05) is 6.92 Å². The zero-order valence-corrected chi connectivity index (χ0v) is 10.4. The molecule has 0 bridgehead atoms. The minimum atomic E-state index is 0.880. The highest BCUT2D eigenvalue weighted by Gasteiger charge is 2.10. The van der Waals surface area contributed by atoms with Crippen LogP contribution in [0.2, 0.25) is 0 Å². The molecule has 0 aromatic carbocycles. The van der Waals surface area contributed by atoms with Crippen LogP contribution >= 0.6 is 33.9 Å². The standard InChI is InChI=1S/C9H9IN2S/c1-4-3-5(2)12-9-6(4)7(11)8(10)13-9/h3H,11H2,1-2H3. The highest BCUT2D eigenvalue weighted by atomic mass is 127. The number of fused-ring (bicyclic) bond motifs is 1. The molecule has 0 amide bonds. The van der Waals surface area contributed by atoms with E-state index in [2.05, 4.69) is 40.6 Å². The van der Waals surface area contributed by atoms with Crippen molar-refractivity contribution in [1.29, 1.82) is 0 Å². The average Bonchev–Trinajstić information content (AvgIpc) is 2.27. The topological polar surface area (TPSA) is 38.9 Å². The fourth-order valence-electron chi connectivity index (χ4n) is 1.44. The number of rotatable bonds is 0. The Balaban J connectivity index is 2.94. The molecule has 0 fully saturated rings. The summed E-state index contributed by atoms with van der Waals surface area (Å²) in [7, 11) is 0. The number of nitrogen functional groups attached to an aromatic ring is 1. The van der Waals surface area contributed by atoms with E-state index in [9.17, 15) is 0 Å². The van der Waals surface area contributed by atoms with Gasteiger partial charge in [-0.15, -0.1) is 11.3 Å². The molecular weight excluding hydrogens is 295 g/mol. The minimum Gasteiger partial charge on any atom is -0.397 e. The van der Waals surface area contributed by atoms with Gasteiger partial charge in [0.2, 0.25) is 0 Å². The number of thiophene rings is 1. The van der Waals surface area contributed by atoms with Gasteiger partial charge < -0.3 is 5.73 Å². The molecule has 0 unspecified atom stereocenters. The van der Waals surface area contributed by atoms with Crippen LogP contribution in [0.15, 0.2) is 6.07 Å². The molecule has 0 aliphatic rings. The van der Waals surface area contributed by atoms with Gasteiger partial charge in [0.05, 0.1) is 8.57 Å². The van der Waals surface area contributed by atoms with Crippen LogP contribution < -0.4 is 5.73 Å². The highest BCUT2D eigenvalue weighted by Crippen LogP contribution is 2.35. The maximum Gasteiger partial charge on any atom is 0.126 e. The Hall–Kier alpha value is -0.360. The van der Waals surface area contributed by atoms with Crippen molar-refractivity contribution in [1.82, 2.24) is 4.98 Å². The van der Waals surface area contributed by atoms with Crippen LogP contribution in [0.25, 0.3) is 10.2 Å². The Morgan fingerprint density at radius 2 is 2.15 bits per heavy atom. The zero-order valence-electron chi connectivity index (χ0n) is 7.39. The van der Waals surface area contributed by atoms with Crippen molar-refractivity contribution < 1.29 is 0 Å². The number of nitrogens with two attached hydrogens (primary N) is 1. The van der Waals surface area contributed by atoms with E-state index in [-0.39, 0.29) is 0 Å². The van der Waals surface area contributed by atoms with E-state index < -0.39 is 0 Å². The molecule has 2 heterocycles. The lowest BCUT2D eigenvalue weighted by Gasteiger charge is -1.98. The molecule has 0 radical (unpaired) electrons. The van der Waals surface area contributed by atoms with Crippen molar-refractivity contribution in [3.05, 3.63) is 20.2 Å². The Kier molecular flexibility index (Phi) is 2.19. The summed E-state index contributed by atoms with van der Waals surface area (Å²) in [5.74, 6) is 0. The first-order valence-corrected chi connectivity index (χ1v) is 5.81. The second-order valence-electron chi connectivity index (χ2n) is 3.05. The quantitative estimate of drug-likeness (QED) is 0.760. The second kappa shape index (κ2) is 3.09. The van der Waals surface area contributed by atoms with E-state index in [1.165, 1.54) is 5.56 Å². The van der Waals surface area contributed by atoms with Crippen LogP contribution in [0.3, 0.4) is 0 Å². The molecule has 0 spiro atoms. The fraction of sp³-hybridized carbons (Fsp3) is 0.222. The number of aromatic nitrogens is 1. The zero-order chi connectivity index (χ0) is 9.59. The number of anilines is 1. The van der Waals surface area contributed by atoms with Crippen molar-refractivity contribution in [2.75, 3.05) is 5.73 Å². The normalized spacial score (nSPS) is 11.0. The maximum absolute atomic E-state index is 5.95. The van der Waals surface area contributed by atoms with Gasteiger partial charge in [-0.3, -0.25) is 0 Å². The van der Waals surface area contributed by atoms with Crippen LogP contribution in [0.1, 0.15) is 11.3 Å². The third-order valence-corrected chi connectivity index (χ3v) is 4.11. The van der Waals surface area contributed by atoms with Crippen molar-refractivity contribution in [2.45, 2.75) is 13.8 Å². The van der Waals surface area contributed by atoms with Gasteiger partial charge in [0.1, 0.15) is 4.83 Å². The van der Waals surface area contributed by atoms with Crippen LogP contribution in [0.4, 0.5) is 5.69 Å². The maximum atomic E-state index is 5.95. The number of halogens is 1. The summed E-state index contributed by atoms with van der Waals surface area (Å²) in [5, 5.41) is 1.13. The summed E-state index contributed by atoms with van der Waals surface area (Å²) in [5.41, 5.74) is 9.11. The van der Waals surface area contributed by atoms with Crippen LogP contribution in [0.5, 0.6) is 0 Å². The molecule has 2 nitrogen and oxygen atoms in total. The molecule has 2 aromatic heterocycles. The summed E-state index contributed by atoms with van der Waals surface area (Å²) in [6, 6.07) is 2.07. The predicted molar refractivity (Wildman–Crippen MR) is 66.2 cm³/mol. The number of nitrogens with zero attached hydrogens (tertiary/aromatic N) is 1. The third-order valence-electron chi connectivity index (χ3n) is 1.98. The van der Waals surface area contributed by atoms with Gasteiger partial charge in [-0.2, -0.15) is 0 Å². The van der Waals surface area contributed by atoms with Gasteiger partial charge in [0.15, 0.2) is 0 Å². The number of aryl methyl sites for hydroxylation is 2. The summed E-state index contributed by atoms with van der Waals surface area (Å²) < 4.78 is 1.13. The average molecular weight is 304 g/mol. The molecule has 0 aliphatic carbocycles. The highest BCUT2D eigenvalue weighted by molar-refractivity contribution is 14.1. The van der Waals surface area contributed by atoms with Gasteiger partial charge in [0.25, 0.3) is 0 Å². The fourth-order valence-corrected chi connectivity index (χ4v) is 3.28. The first kappa shape index (κ1) is 9.21. The summed E-state index contributed by atoms with van der Waals surface area (Å²) >= 11 is 3.92. The van der Waals surface area contributed by atoms with Crippen molar-refractivity contribution >= 4 is 49.8 Å². The molecule has 68 valence electrons. The SMILES string of the molecule is Cc1cc(C)c2c(N)c(I)sc2n1. The lowest BCUT2D eigenvalue weighted by molar-refractivity contribution is 1.25. The predicted octanol–water partition coefficient (Wildman–Crippen LogP) is 3.10. The molecule has 13 heavy (non-hydrogen) atoms. The van der Waals surface area contributed by atoms with Gasteiger partial charge in [-0.1, -0.05) is 0 Å². The van der Waals surface area contributed by atoms with Gasteiger partial charge in [-0.05, 0) is 48.1 Å². The second-order valence-corrected chi connectivity index (χ2v) is 5.86. The van der Waals surface area contributed by atoms with E-state index in [4.69, 9.17) is 5.73 Å². The Morgan fingerprint density at radius 1 is 1.46 bits per heavy atom. The molecule has 2 aromatic rings. The van der Waals surface area contributed by atoms with E-state index in [1.54, 1.807) is 11.3 Å². The molecule has 2 N–H and O–H groups in total. The van der Waals surface area contributed by atoms with Crippen LogP contribution in [-0.4, -0.2) is 4.98 Å². The lowest BCUT2D eigenvalue weighted by atomic mass is 10.2. The van der Waals surface area contributed by atoms with E-state index in [0.717, 1.165) is 24.5 Å². The van der Waals surface area contributed by atoms with Crippen molar-refractivity contribution in [2.24, 2.45) is 0 Å². The van der Waals surface area contributed by atoms with Gasteiger partial charge in [0, 0.05) is 11.1 Å². The van der Waals surface area contributed by atoms with Crippen LogP contribution in [-0.2, 0) is 0 Å². The summed E-state index contributed by atoms with van der Waals surface area (Å²) in [4.78, 5) is 5.51. The lowest BCUT2D eigenvalue weighted by Crippen LogP contribution is -1.88. The van der Waals surface area contributed by atoms with Crippen molar-refractivity contribution in [3.63, 3.8) is 0 Å². The van der Waals surface area contributed by atoms with E-state index in [0.29, 0.717) is 0 Å². The summed E-state index contributed by atoms with van der Waals surface area (Å²) in [6.07, 6.45) is 0. The number of hydrogen-bond acceptors (Lipinski definition) is 3. The molecule has 0 atom stereocenters. The molecular formula is C9H9IN2S. The van der Waals surface area contributed by atoms with Gasteiger partial charge >= 0.3 is 0 Å². The Labute approximate surface area is 94.3 Å². The monoisotopic (exact) mass is 304 g/mol. The molecule has 0 saturated heterocycles.